The minimum atomic E-state index is -2.52. The number of halogens is 2. The fourth-order valence-electron chi connectivity index (χ4n) is 7.74. The van der Waals surface area contributed by atoms with Gasteiger partial charge in [0.1, 0.15) is 42.8 Å². The molecule has 4 saturated heterocycles. The molecular weight excluding hydrogens is 916 g/mol. The molecule has 0 aliphatic carbocycles. The van der Waals surface area contributed by atoms with Gasteiger partial charge in [0.2, 0.25) is 17.7 Å². The summed E-state index contributed by atoms with van der Waals surface area (Å²) >= 11 is 2.83. The molecule has 0 aromatic carbocycles. The number of alkyl halides is 2. The van der Waals surface area contributed by atoms with Gasteiger partial charge in [0.15, 0.2) is 43.6 Å². The Morgan fingerprint density at radius 1 is 0.894 bits per heavy atom. The van der Waals surface area contributed by atoms with Crippen LogP contribution < -0.4 is 10.4 Å². The lowest BCUT2D eigenvalue weighted by molar-refractivity contribution is -0.801. The van der Waals surface area contributed by atoms with Crippen molar-refractivity contribution in [3.05, 3.63) is 37.2 Å². The summed E-state index contributed by atoms with van der Waals surface area (Å²) in [5.41, 5.74) is 0.367. The molecule has 4 fully saturated rings. The number of carbonyl (C=O) groups is 5. The molecule has 4 aliphatic heterocycles. The predicted molar refractivity (Wildman–Crippen MR) is 206 cm³/mol. The highest BCUT2D eigenvalue weighted by molar-refractivity contribution is 7.44. The van der Waals surface area contributed by atoms with Crippen molar-refractivity contribution < 1.29 is 106 Å². The molecule has 0 saturated carbocycles. The van der Waals surface area contributed by atoms with Crippen molar-refractivity contribution in [3.63, 3.8) is 0 Å². The topological polar surface area (TPSA) is 340 Å². The van der Waals surface area contributed by atoms with Crippen LogP contribution in [-0.4, -0.2) is 192 Å². The third-order valence-corrected chi connectivity index (χ3v) is 11.0. The van der Waals surface area contributed by atoms with E-state index in [1.165, 1.54) is 32.8 Å². The van der Waals surface area contributed by atoms with Crippen molar-refractivity contribution in [2.75, 3.05) is 39.5 Å². The number of aliphatic carboxylic acids is 2. The first-order valence-electron chi connectivity index (χ1n) is 20.5. The zero-order valence-electron chi connectivity index (χ0n) is 35.1. The molecule has 3 amide bonds. The van der Waals surface area contributed by atoms with Crippen LogP contribution in [0.1, 0.15) is 37.8 Å². The van der Waals surface area contributed by atoms with Crippen LogP contribution in [0.4, 0.5) is 8.78 Å². The number of carboxylic acid groups (broad SMARTS) is 2. The molecule has 0 spiro atoms. The molecule has 370 valence electrons. The third kappa shape index (κ3) is 13.6. The molecule has 5 heterocycles. The summed E-state index contributed by atoms with van der Waals surface area (Å²) in [5, 5.41) is 72.8. The Bertz CT molecular complexity index is 1770. The van der Waals surface area contributed by atoms with E-state index < -0.39 is 116 Å². The molecule has 4 N–H and O–H groups in total. The maximum atomic E-state index is 15.2. The van der Waals surface area contributed by atoms with E-state index in [2.05, 4.69) is 45.9 Å². The number of hydrogen-bond acceptors (Lipinski definition) is 22. The van der Waals surface area contributed by atoms with Gasteiger partial charge < -0.3 is 68.9 Å². The number of likely N-dealkylation sites (tertiary alicyclic amines) is 1. The molecular formula is C38H51F2N5O20S-2. The van der Waals surface area contributed by atoms with Gasteiger partial charge in [-0.05, 0) is 25.7 Å². The normalized spacial score (nSPS) is 31.8. The number of aliphatic hydroxyl groups is 3. The van der Waals surface area contributed by atoms with Crippen molar-refractivity contribution in [3.8, 4) is 0 Å². The van der Waals surface area contributed by atoms with Crippen LogP contribution >= 0.6 is 0 Å². The molecule has 0 bridgehead atoms. The van der Waals surface area contributed by atoms with Gasteiger partial charge in [-0.3, -0.25) is 24.3 Å². The number of aliphatic hydroxyl groups excluding tert-OH is 3. The highest BCUT2D eigenvalue weighted by atomic mass is 32.1. The molecule has 4 aliphatic rings. The van der Waals surface area contributed by atoms with Crippen LogP contribution in [0.3, 0.4) is 0 Å². The zero-order chi connectivity index (χ0) is 48.7. The molecule has 14 atom stereocenters. The standard InChI is InChI=1S/C38H53F2N5O19.OS/c1-3-20-25-26(21(4-2)60-20)35(53)45(34(25)52)11-7-5-6-10-43(23(46)8-9-24(47)48)16-19-17-44(42-41-19)12-13-57-14-15-58-37-28(40)31(51)32(33(63-37)36(54)55)62-38-27(39)30(50)29(49)22(61-38)18-59-64-56;1-2/h3-4,17,20-22,25-33,37-38,49-51,56H,1-2,5-16,18H2,(H,47,48)(H,54,55);/p-2/t20-,21+,22?,25+,26-,27?,28?,29-,30-,31-,32+,33?,37-,38-;/m1./s1. The van der Waals surface area contributed by atoms with Crippen molar-refractivity contribution in [1.82, 2.24) is 24.8 Å². The first-order valence-corrected chi connectivity index (χ1v) is 20.9. The second-order valence-electron chi connectivity index (χ2n) is 15.2. The van der Waals surface area contributed by atoms with Gasteiger partial charge in [-0.2, -0.15) is 4.21 Å². The number of aromatic nitrogens is 3. The largest absolute Gasteiger partial charge is 0.692 e. The van der Waals surface area contributed by atoms with Gasteiger partial charge in [0.05, 0.1) is 63.2 Å². The van der Waals surface area contributed by atoms with Gasteiger partial charge in [-0.25, -0.2) is 23.1 Å². The summed E-state index contributed by atoms with van der Waals surface area (Å²) in [7, 11) is 0. The van der Waals surface area contributed by atoms with Crippen LogP contribution in [0, 0.1) is 11.8 Å². The third-order valence-electron chi connectivity index (χ3n) is 11.0. The number of rotatable bonds is 26. The number of carbonyl (C=O) groups excluding carboxylic acids is 4. The highest BCUT2D eigenvalue weighted by Crippen LogP contribution is 2.41. The van der Waals surface area contributed by atoms with Crippen LogP contribution in [0.2, 0.25) is 0 Å². The summed E-state index contributed by atoms with van der Waals surface area (Å²) in [4.78, 5) is 68.9. The maximum absolute atomic E-state index is 15.2. The Labute approximate surface area is 380 Å². The number of imide groups is 1. The number of carboxylic acids is 2. The fourth-order valence-corrected chi connectivity index (χ4v) is 7.74. The minimum absolute atomic E-state index is 0.0135. The van der Waals surface area contributed by atoms with Gasteiger partial charge in [-0.1, -0.05) is 17.4 Å². The van der Waals surface area contributed by atoms with Crippen molar-refractivity contribution in [2.45, 2.75) is 119 Å². The van der Waals surface area contributed by atoms with Gasteiger partial charge >= 0.3 is 5.97 Å². The summed E-state index contributed by atoms with van der Waals surface area (Å²) in [6.45, 7) is 6.58. The molecule has 28 heteroatoms. The monoisotopic (exact) mass is 967 g/mol. The molecule has 4 unspecified atom stereocenters. The van der Waals surface area contributed by atoms with Crippen molar-refractivity contribution in [2.24, 2.45) is 11.8 Å². The summed E-state index contributed by atoms with van der Waals surface area (Å²) in [5.74, 6) is -5.60. The van der Waals surface area contributed by atoms with E-state index in [9.17, 15) is 59.2 Å². The number of fused-ring (bicyclic) bond motifs is 1. The Morgan fingerprint density at radius 3 is 2.18 bits per heavy atom. The van der Waals surface area contributed by atoms with E-state index in [1.807, 2.05) is 0 Å². The number of amides is 3. The quantitative estimate of drug-likeness (QED) is 0.0224. The number of nitrogens with zero attached hydrogens (tertiary/aromatic N) is 5. The van der Waals surface area contributed by atoms with Crippen LogP contribution in [0.5, 0.6) is 0 Å². The van der Waals surface area contributed by atoms with Gasteiger partial charge in [-0.15, -0.1) is 18.3 Å². The molecule has 66 heavy (non-hydrogen) atoms. The number of hydrogen-bond donors (Lipinski definition) is 4. The average Bonchev–Trinajstić information content (AvgIpc) is 3.99. The predicted octanol–water partition coefficient (Wildman–Crippen LogP) is -4.35. The second-order valence-corrected chi connectivity index (χ2v) is 15.2. The number of ether oxygens (including phenoxy) is 6. The first-order chi connectivity index (χ1) is 31.6. The summed E-state index contributed by atoms with van der Waals surface area (Å²) < 4.78 is 71.2. The Morgan fingerprint density at radius 2 is 1.56 bits per heavy atom. The first kappa shape index (κ1) is 54.2. The lowest BCUT2D eigenvalue weighted by atomic mass is 9.89. The second kappa shape index (κ2) is 26.2. The highest BCUT2D eigenvalue weighted by Gasteiger charge is 2.58. The Kier molecular flexibility index (Phi) is 21.5. The fraction of sp³-hybridized carbons (Fsp3) is 0.711. The van der Waals surface area contributed by atoms with Crippen LogP contribution in [0.15, 0.2) is 31.5 Å². The maximum Gasteiger partial charge on any atom is 0.335 e. The van der Waals surface area contributed by atoms with Crippen LogP contribution in [-0.2, 0) is 87.9 Å². The average molecular weight is 968 g/mol. The Balaban J connectivity index is 0.00000469. The van der Waals surface area contributed by atoms with E-state index in [0.29, 0.717) is 25.0 Å². The summed E-state index contributed by atoms with van der Waals surface area (Å²) in [6.07, 6.45) is -17.3. The van der Waals surface area contributed by atoms with E-state index in [1.54, 1.807) is 0 Å². The van der Waals surface area contributed by atoms with E-state index in [-0.39, 0.29) is 64.2 Å². The smallest absolute Gasteiger partial charge is 0.335 e. The van der Waals surface area contributed by atoms with Crippen LogP contribution in [0.25, 0.3) is 0 Å². The molecule has 1 aromatic heterocycles. The minimum Gasteiger partial charge on any atom is -0.692 e. The lowest BCUT2D eigenvalue weighted by Gasteiger charge is -2.44. The van der Waals surface area contributed by atoms with Gasteiger partial charge in [0.25, 0.3) is 0 Å². The molecule has 5 rings (SSSR count). The lowest BCUT2D eigenvalue weighted by Crippen LogP contribution is -2.64. The SMILES string of the molecule is C=C[C@@H]1O[C@H](C=C)[C@@H]2C(=O)N(CCCCCN(Cc3cn(CCOCCO[C@@H]4OC(C(=O)O)[C@@H](O[C@H]5OC(COO[O-])[C@@H](O)[C@H](O)C5F)[C@H](O)C4F)nn3)C(=O)CCC(=O)[O-])C(=O)[C@@H]21.O=S. The van der Waals surface area contributed by atoms with E-state index >= 15 is 4.39 Å². The molecule has 25 nitrogen and oxygen atoms in total. The summed E-state index contributed by atoms with van der Waals surface area (Å²) in [6, 6.07) is 0. The molecule has 0 radical (unpaired) electrons. The van der Waals surface area contributed by atoms with Gasteiger partial charge in [0, 0.05) is 25.5 Å². The zero-order valence-corrected chi connectivity index (χ0v) is 36.0. The van der Waals surface area contributed by atoms with Crippen molar-refractivity contribution in [1.29, 1.82) is 0 Å². The van der Waals surface area contributed by atoms with Crippen molar-refractivity contribution >= 4 is 42.2 Å². The van der Waals surface area contributed by atoms with E-state index in [4.69, 9.17) is 32.6 Å². The Hall–Kier alpha value is -4.43. The van der Waals surface area contributed by atoms with E-state index in [0.717, 1.165) is 0 Å². The number of unbranched alkanes of at least 4 members (excludes halogenated alkanes) is 2. The molecule has 1 aromatic rings.